The van der Waals surface area contributed by atoms with E-state index in [1.807, 2.05) is 11.3 Å². The van der Waals surface area contributed by atoms with Gasteiger partial charge in [-0.05, 0) is 98.4 Å². The first kappa shape index (κ1) is 36.5. The fourth-order valence-electron chi connectivity index (χ4n) is 12.0. The van der Waals surface area contributed by atoms with E-state index in [-0.39, 0.29) is 0 Å². The van der Waals surface area contributed by atoms with Crippen molar-refractivity contribution in [3.05, 3.63) is 275 Å². The van der Waals surface area contributed by atoms with Gasteiger partial charge >= 0.3 is 0 Å². The maximum absolute atomic E-state index is 2.69. The monoisotopic (exact) mass is 844 g/mol. The predicted molar refractivity (Wildman–Crippen MR) is 272 cm³/mol. The first-order valence-electron chi connectivity index (χ1n) is 22.5. The van der Waals surface area contributed by atoms with Crippen LogP contribution in [0, 0.1) is 0 Å². The van der Waals surface area contributed by atoms with Crippen molar-refractivity contribution in [3.8, 4) is 33.4 Å². The van der Waals surface area contributed by atoms with Crippen molar-refractivity contribution in [2.45, 2.75) is 11.1 Å². The van der Waals surface area contributed by atoms with Crippen LogP contribution in [0.25, 0.3) is 54.2 Å². The fourth-order valence-corrected chi connectivity index (χ4v) is 13.5. The first-order valence-corrected chi connectivity index (χ1v) is 23.3. The summed E-state index contributed by atoms with van der Waals surface area (Å²) in [6.07, 6.45) is 0. The Kier molecular flexibility index (Phi) is 7.73. The van der Waals surface area contributed by atoms with E-state index in [1.165, 1.54) is 86.9 Å². The lowest BCUT2D eigenvalue weighted by atomic mass is 9.62. The second kappa shape index (κ2) is 13.8. The molecular weight excluding hydrogens is 805 g/mol. The summed E-state index contributed by atoms with van der Waals surface area (Å²) in [6, 6.07) is 90.7. The van der Waals surface area contributed by atoms with Crippen molar-refractivity contribution in [2.75, 3.05) is 9.80 Å². The highest BCUT2D eigenvalue weighted by Gasteiger charge is 2.65. The normalized spacial score (nSPS) is 17.0. The number of anilines is 4. The molecule has 0 saturated heterocycles. The average Bonchev–Trinajstić information content (AvgIpc) is 4.01. The van der Waals surface area contributed by atoms with Crippen molar-refractivity contribution in [2.24, 2.45) is 0 Å². The zero-order valence-corrected chi connectivity index (χ0v) is 36.2. The van der Waals surface area contributed by atoms with E-state index in [9.17, 15) is 0 Å². The number of benzene rings is 10. The highest BCUT2D eigenvalue weighted by molar-refractivity contribution is 7.20. The third-order valence-corrected chi connectivity index (χ3v) is 15.7. The molecule has 0 bridgehead atoms. The third-order valence-electron chi connectivity index (χ3n) is 14.4. The standard InChI is InChI=1S/C62H40N2S/c1-4-19-41(20-5-1)42-37-39-46(40-38-42)63(44-23-6-2-7-24-44)62(64(45-25-8-3-9-26-45)55-35-16-22-43-21-10-11-27-47(43)55)53-33-17-30-49-48-28-12-14-32-52(48)61(58(49)53)59-51(31-18-34-54(59)62)57-50-29-13-15-36-56(50)65-60(57)61/h1-40H. The Morgan fingerprint density at radius 1 is 0.338 bits per heavy atom. The molecule has 3 aliphatic rings. The molecule has 2 atom stereocenters. The molecule has 0 amide bonds. The summed E-state index contributed by atoms with van der Waals surface area (Å²) < 4.78 is 1.33. The summed E-state index contributed by atoms with van der Waals surface area (Å²) in [5.74, 6) is 0. The second-order valence-corrected chi connectivity index (χ2v) is 18.5. The molecule has 3 heteroatoms. The van der Waals surface area contributed by atoms with Crippen LogP contribution in [0.4, 0.5) is 22.7 Å². The summed E-state index contributed by atoms with van der Waals surface area (Å²) in [4.78, 5) is 6.78. The van der Waals surface area contributed by atoms with Gasteiger partial charge in [-0.15, -0.1) is 11.3 Å². The quantitative estimate of drug-likeness (QED) is 0.148. The smallest absolute Gasteiger partial charge is 0.175 e. The van der Waals surface area contributed by atoms with Crippen molar-refractivity contribution < 1.29 is 0 Å². The third kappa shape index (κ3) is 4.78. The van der Waals surface area contributed by atoms with Gasteiger partial charge in [-0.1, -0.05) is 194 Å². The largest absolute Gasteiger partial charge is 0.310 e. The first-order chi connectivity index (χ1) is 32.3. The minimum absolute atomic E-state index is 0.530. The molecule has 0 aliphatic heterocycles. The van der Waals surface area contributed by atoms with Crippen molar-refractivity contribution >= 4 is 54.9 Å². The summed E-state index contributed by atoms with van der Waals surface area (Å²) >= 11 is 1.98. The molecule has 2 unspecified atom stereocenters. The lowest BCUT2D eigenvalue weighted by Crippen LogP contribution is -2.60. The van der Waals surface area contributed by atoms with Gasteiger partial charge in [-0.25, -0.2) is 0 Å². The Labute approximate surface area is 382 Å². The van der Waals surface area contributed by atoms with Gasteiger partial charge in [0.1, 0.15) is 0 Å². The maximum atomic E-state index is 2.69. The van der Waals surface area contributed by atoms with E-state index < -0.39 is 11.1 Å². The summed E-state index contributed by atoms with van der Waals surface area (Å²) in [5.41, 5.74) is 17.2. The molecule has 65 heavy (non-hydrogen) atoms. The number of para-hydroxylation sites is 2. The van der Waals surface area contributed by atoms with Gasteiger partial charge in [-0.2, -0.15) is 0 Å². The Morgan fingerprint density at radius 2 is 0.846 bits per heavy atom. The Hall–Kier alpha value is -7.98. The molecule has 10 aromatic carbocycles. The van der Waals surface area contributed by atoms with Gasteiger partial charge in [0, 0.05) is 54.1 Å². The molecule has 1 aromatic heterocycles. The molecule has 1 spiro atoms. The van der Waals surface area contributed by atoms with Crippen LogP contribution in [0.15, 0.2) is 243 Å². The number of rotatable bonds is 7. The van der Waals surface area contributed by atoms with Crippen LogP contribution in [0.3, 0.4) is 0 Å². The van der Waals surface area contributed by atoms with Crippen LogP contribution in [-0.2, 0) is 11.1 Å². The van der Waals surface area contributed by atoms with Crippen molar-refractivity contribution in [3.63, 3.8) is 0 Å². The van der Waals surface area contributed by atoms with Crippen molar-refractivity contribution in [1.82, 2.24) is 0 Å². The zero-order chi connectivity index (χ0) is 42.7. The minimum atomic E-state index is -1.01. The van der Waals surface area contributed by atoms with Gasteiger partial charge in [-0.3, -0.25) is 0 Å². The number of hydrogen-bond donors (Lipinski definition) is 0. The van der Waals surface area contributed by atoms with E-state index in [0.717, 1.165) is 22.7 Å². The molecule has 2 nitrogen and oxygen atoms in total. The molecular formula is C62H40N2S. The van der Waals surface area contributed by atoms with E-state index in [0.29, 0.717) is 0 Å². The van der Waals surface area contributed by atoms with Gasteiger partial charge in [0.2, 0.25) is 0 Å². The molecule has 14 rings (SSSR count). The minimum Gasteiger partial charge on any atom is -0.310 e. The lowest BCUT2D eigenvalue weighted by Gasteiger charge is -2.58. The van der Waals surface area contributed by atoms with Gasteiger partial charge in [0.25, 0.3) is 0 Å². The maximum Gasteiger partial charge on any atom is 0.175 e. The molecule has 1 heterocycles. The highest BCUT2D eigenvalue weighted by atomic mass is 32.1. The van der Waals surface area contributed by atoms with E-state index in [1.54, 1.807) is 0 Å². The fraction of sp³-hybridized carbons (Fsp3) is 0.0323. The lowest BCUT2D eigenvalue weighted by molar-refractivity contribution is 0.495. The Bertz CT molecular complexity index is 3670. The van der Waals surface area contributed by atoms with Crippen LogP contribution >= 0.6 is 11.3 Å². The van der Waals surface area contributed by atoms with E-state index in [2.05, 4.69) is 252 Å². The molecule has 3 aliphatic carbocycles. The van der Waals surface area contributed by atoms with Crippen LogP contribution in [0.1, 0.15) is 32.7 Å². The molecule has 0 radical (unpaired) electrons. The molecule has 0 fully saturated rings. The number of thiophene rings is 1. The summed E-state index contributed by atoms with van der Waals surface area (Å²) in [7, 11) is 0. The molecule has 0 saturated carbocycles. The number of nitrogens with zero attached hydrogens (tertiary/aromatic N) is 2. The zero-order valence-electron chi connectivity index (χ0n) is 35.4. The molecule has 0 N–H and O–H groups in total. The van der Waals surface area contributed by atoms with Crippen LogP contribution in [0.5, 0.6) is 0 Å². The molecule has 304 valence electrons. The van der Waals surface area contributed by atoms with Gasteiger partial charge in [0.15, 0.2) is 5.66 Å². The summed E-state index contributed by atoms with van der Waals surface area (Å²) in [5, 5.41) is 3.71. The number of hydrogen-bond acceptors (Lipinski definition) is 3. The highest BCUT2D eigenvalue weighted by Crippen LogP contribution is 2.73. The molecule has 11 aromatic rings. The SMILES string of the molecule is c1ccc(-c2ccc(N(c3ccccc3)C3(N(c4ccccc4)c4cccc5ccccc45)c4cccc5c4C4(c6ccccc6-5)c5sc6ccccc6c5-c5cccc3c54)cc2)cc1. The number of fused-ring (bicyclic) bond motifs is 7. The predicted octanol–water partition coefficient (Wildman–Crippen LogP) is 16.3. The van der Waals surface area contributed by atoms with Gasteiger partial charge in [0.05, 0.1) is 11.1 Å². The van der Waals surface area contributed by atoms with Gasteiger partial charge < -0.3 is 9.80 Å². The van der Waals surface area contributed by atoms with E-state index in [4.69, 9.17) is 0 Å². The van der Waals surface area contributed by atoms with Crippen LogP contribution < -0.4 is 9.80 Å². The Morgan fingerprint density at radius 3 is 1.60 bits per heavy atom. The second-order valence-electron chi connectivity index (χ2n) is 17.5. The Balaban J connectivity index is 1.22. The van der Waals surface area contributed by atoms with E-state index >= 15 is 0 Å². The van der Waals surface area contributed by atoms with Crippen molar-refractivity contribution in [1.29, 1.82) is 0 Å². The van der Waals surface area contributed by atoms with Crippen LogP contribution in [0.2, 0.25) is 0 Å². The summed E-state index contributed by atoms with van der Waals surface area (Å²) in [6.45, 7) is 0. The van der Waals surface area contributed by atoms with Crippen LogP contribution in [-0.4, -0.2) is 0 Å². The topological polar surface area (TPSA) is 6.48 Å². The average molecular weight is 845 g/mol.